The first-order chi connectivity index (χ1) is 18.1. The Kier molecular flexibility index (Phi) is 9.44. The van der Waals surface area contributed by atoms with Crippen LogP contribution in [0.15, 0.2) is 54.1 Å². The Balaban J connectivity index is 1.67. The molecule has 0 aliphatic carbocycles. The Bertz CT molecular complexity index is 1500. The molecule has 0 atom stereocenters. The Morgan fingerprint density at radius 1 is 0.974 bits per heavy atom. The molecule has 1 N–H and O–H groups in total. The second-order valence-corrected chi connectivity index (χ2v) is 11.1. The predicted molar refractivity (Wildman–Crippen MR) is 164 cm³/mol. The Labute approximate surface area is 257 Å². The molecule has 0 unspecified atom stereocenters. The number of benzene rings is 3. The molecule has 0 bridgehead atoms. The quantitative estimate of drug-likeness (QED) is 0.117. The molecule has 4 rings (SSSR count). The first-order valence-electron chi connectivity index (χ1n) is 11.0. The van der Waals surface area contributed by atoms with E-state index >= 15 is 0 Å². The van der Waals surface area contributed by atoms with Gasteiger partial charge in [0.2, 0.25) is 0 Å². The zero-order valence-electron chi connectivity index (χ0n) is 19.5. The number of amides is 2. The lowest BCUT2D eigenvalue weighted by Crippen LogP contribution is -2.54. The van der Waals surface area contributed by atoms with Crippen LogP contribution in [-0.4, -0.2) is 23.5 Å². The molecule has 6 nitrogen and oxygen atoms in total. The van der Waals surface area contributed by atoms with Crippen LogP contribution in [-0.2, 0) is 16.2 Å². The minimum absolute atomic E-state index is 0.0874. The highest BCUT2D eigenvalue weighted by atomic mass is 127. The molecule has 0 spiro atoms. The first kappa shape index (κ1) is 28.9. The summed E-state index contributed by atoms with van der Waals surface area (Å²) < 4.78 is 12.6. The van der Waals surface area contributed by atoms with Crippen LogP contribution in [0.4, 0.5) is 5.69 Å². The van der Waals surface area contributed by atoms with E-state index in [2.05, 4.69) is 27.9 Å². The molecule has 1 aliphatic rings. The molecular weight excluding hydrogens is 705 g/mol. The standard InChI is InChI=1S/C26H17Cl4IN2O4S/c1-2-36-22-9-13(8-20(31)23(22)37-12-14-3-4-15(27)10-18(14)29)7-17-24(34)32-26(38)33(25(17)35)21-6-5-16(28)11-19(21)30/h3-11H,2,12H2,1H3,(H,32,34,38)/b17-7+. The van der Waals surface area contributed by atoms with Gasteiger partial charge in [0.15, 0.2) is 16.6 Å². The summed E-state index contributed by atoms with van der Waals surface area (Å²) in [5.74, 6) is -0.329. The zero-order valence-corrected chi connectivity index (χ0v) is 25.5. The van der Waals surface area contributed by atoms with Crippen LogP contribution in [0.5, 0.6) is 11.5 Å². The molecule has 2 amide bonds. The molecule has 196 valence electrons. The van der Waals surface area contributed by atoms with Crippen molar-refractivity contribution >= 4 is 110 Å². The molecule has 0 saturated carbocycles. The highest BCUT2D eigenvalue weighted by molar-refractivity contribution is 14.1. The van der Waals surface area contributed by atoms with Crippen molar-refractivity contribution in [1.29, 1.82) is 0 Å². The number of halogens is 5. The summed E-state index contributed by atoms with van der Waals surface area (Å²) in [6.45, 7) is 2.39. The fraction of sp³-hybridized carbons (Fsp3) is 0.115. The molecule has 38 heavy (non-hydrogen) atoms. The minimum Gasteiger partial charge on any atom is -0.490 e. The summed E-state index contributed by atoms with van der Waals surface area (Å²) in [4.78, 5) is 27.3. The van der Waals surface area contributed by atoms with Gasteiger partial charge in [0.25, 0.3) is 11.8 Å². The van der Waals surface area contributed by atoms with E-state index < -0.39 is 11.8 Å². The monoisotopic (exact) mass is 720 g/mol. The topological polar surface area (TPSA) is 67.9 Å². The second kappa shape index (κ2) is 12.4. The van der Waals surface area contributed by atoms with Crippen molar-refractivity contribution in [1.82, 2.24) is 5.32 Å². The van der Waals surface area contributed by atoms with Crippen LogP contribution in [0.1, 0.15) is 18.1 Å². The molecule has 1 heterocycles. The van der Waals surface area contributed by atoms with Crippen LogP contribution in [0.25, 0.3) is 6.08 Å². The van der Waals surface area contributed by atoms with Gasteiger partial charge >= 0.3 is 0 Å². The van der Waals surface area contributed by atoms with Crippen molar-refractivity contribution in [3.63, 3.8) is 0 Å². The van der Waals surface area contributed by atoms with Crippen LogP contribution in [0.3, 0.4) is 0 Å². The summed E-state index contributed by atoms with van der Waals surface area (Å²) in [5.41, 5.74) is 1.46. The fourth-order valence-electron chi connectivity index (χ4n) is 3.57. The van der Waals surface area contributed by atoms with Crippen molar-refractivity contribution in [3.8, 4) is 11.5 Å². The molecule has 0 aromatic heterocycles. The normalized spacial score (nSPS) is 14.6. The zero-order chi connectivity index (χ0) is 27.6. The predicted octanol–water partition coefficient (Wildman–Crippen LogP) is 7.71. The van der Waals surface area contributed by atoms with Gasteiger partial charge in [-0.15, -0.1) is 0 Å². The van der Waals surface area contributed by atoms with Crippen molar-refractivity contribution < 1.29 is 19.1 Å². The molecule has 1 aliphatic heterocycles. The maximum atomic E-state index is 13.4. The summed E-state index contributed by atoms with van der Waals surface area (Å²) >= 11 is 31.9. The van der Waals surface area contributed by atoms with E-state index in [1.54, 1.807) is 42.5 Å². The molecule has 3 aromatic rings. The fourth-order valence-corrected chi connectivity index (χ4v) is 5.58. The van der Waals surface area contributed by atoms with Crippen LogP contribution in [0.2, 0.25) is 20.1 Å². The number of nitrogens with one attached hydrogen (secondary N) is 1. The number of carbonyl (C=O) groups excluding carboxylic acids is 2. The van der Waals surface area contributed by atoms with Gasteiger partial charge in [-0.25, -0.2) is 0 Å². The highest BCUT2D eigenvalue weighted by Gasteiger charge is 2.35. The van der Waals surface area contributed by atoms with Gasteiger partial charge in [-0.1, -0.05) is 52.5 Å². The number of anilines is 1. The average molecular weight is 722 g/mol. The van der Waals surface area contributed by atoms with Crippen LogP contribution in [0, 0.1) is 3.57 Å². The van der Waals surface area contributed by atoms with Gasteiger partial charge in [0.05, 0.1) is 20.9 Å². The average Bonchev–Trinajstić information content (AvgIpc) is 2.83. The van der Waals surface area contributed by atoms with Gasteiger partial charge in [0, 0.05) is 20.6 Å². The Morgan fingerprint density at radius 2 is 1.66 bits per heavy atom. The first-order valence-corrected chi connectivity index (χ1v) is 14.0. The third-order valence-corrected chi connectivity index (χ3v) is 7.49. The van der Waals surface area contributed by atoms with E-state index in [9.17, 15) is 9.59 Å². The van der Waals surface area contributed by atoms with Crippen molar-refractivity contribution in [2.45, 2.75) is 13.5 Å². The number of hydrogen-bond donors (Lipinski definition) is 1. The van der Waals surface area contributed by atoms with E-state index in [4.69, 9.17) is 68.1 Å². The van der Waals surface area contributed by atoms with Gasteiger partial charge < -0.3 is 9.47 Å². The molecule has 12 heteroatoms. The summed E-state index contributed by atoms with van der Waals surface area (Å²) in [6.07, 6.45) is 1.46. The van der Waals surface area contributed by atoms with E-state index in [1.807, 2.05) is 6.92 Å². The highest BCUT2D eigenvalue weighted by Crippen LogP contribution is 2.37. The maximum Gasteiger partial charge on any atom is 0.270 e. The second-order valence-electron chi connectivity index (χ2n) is 7.84. The number of thiocarbonyl (C=S) groups is 1. The van der Waals surface area contributed by atoms with Gasteiger partial charge in [-0.05, 0) is 95.8 Å². The van der Waals surface area contributed by atoms with E-state index in [-0.39, 0.29) is 22.3 Å². The van der Waals surface area contributed by atoms with Gasteiger partial charge in [-0.3, -0.25) is 19.8 Å². The Hall–Kier alpha value is -2.08. The molecule has 1 fully saturated rings. The summed E-state index contributed by atoms with van der Waals surface area (Å²) in [5, 5.41) is 4.07. The number of hydrogen-bond acceptors (Lipinski definition) is 5. The van der Waals surface area contributed by atoms with Crippen molar-refractivity contribution in [2.24, 2.45) is 0 Å². The SMILES string of the molecule is CCOc1cc(/C=C2\C(=O)NC(=S)N(c3ccc(Cl)cc3Cl)C2=O)cc(I)c1OCc1ccc(Cl)cc1Cl. The lowest BCUT2D eigenvalue weighted by atomic mass is 10.1. The maximum absolute atomic E-state index is 13.4. The van der Waals surface area contributed by atoms with Gasteiger partial charge in [-0.2, -0.15) is 0 Å². The molecule has 0 radical (unpaired) electrons. The summed E-state index contributed by atoms with van der Waals surface area (Å²) in [6, 6.07) is 13.2. The van der Waals surface area contributed by atoms with E-state index in [0.29, 0.717) is 48.0 Å². The van der Waals surface area contributed by atoms with Gasteiger partial charge in [0.1, 0.15) is 12.2 Å². The van der Waals surface area contributed by atoms with E-state index in [1.165, 1.54) is 12.1 Å². The Morgan fingerprint density at radius 3 is 2.32 bits per heavy atom. The van der Waals surface area contributed by atoms with Crippen LogP contribution < -0.4 is 19.7 Å². The number of carbonyl (C=O) groups is 2. The number of ether oxygens (including phenoxy) is 2. The molecule has 3 aromatic carbocycles. The lowest BCUT2D eigenvalue weighted by Gasteiger charge is -2.29. The van der Waals surface area contributed by atoms with Crippen LogP contribution >= 0.6 is 81.2 Å². The molecular formula is C26H17Cl4IN2O4S. The lowest BCUT2D eigenvalue weighted by molar-refractivity contribution is -0.122. The third-order valence-electron chi connectivity index (χ3n) is 5.28. The largest absolute Gasteiger partial charge is 0.490 e. The van der Waals surface area contributed by atoms with Crippen molar-refractivity contribution in [2.75, 3.05) is 11.5 Å². The third kappa shape index (κ3) is 6.38. The van der Waals surface area contributed by atoms with Crippen molar-refractivity contribution in [3.05, 3.63) is 88.9 Å². The number of rotatable bonds is 7. The molecule has 1 saturated heterocycles. The smallest absolute Gasteiger partial charge is 0.270 e. The minimum atomic E-state index is -0.632. The summed E-state index contributed by atoms with van der Waals surface area (Å²) in [7, 11) is 0. The van der Waals surface area contributed by atoms with E-state index in [0.717, 1.165) is 10.5 Å². The number of nitrogens with zero attached hydrogens (tertiary/aromatic N) is 1.